The normalized spacial score (nSPS) is 10.6. The van der Waals surface area contributed by atoms with E-state index in [0.29, 0.717) is 6.54 Å². The third kappa shape index (κ3) is 2.58. The lowest BCUT2D eigenvalue weighted by molar-refractivity contribution is -0.124. The van der Waals surface area contributed by atoms with Crippen LogP contribution in [0.3, 0.4) is 0 Å². The molecular weight excluding hydrogens is 178 g/mol. The Bertz CT molecular complexity index is 328. The predicted octanol–water partition coefficient (Wildman–Crippen LogP) is 1.00. The summed E-state index contributed by atoms with van der Waals surface area (Å²) in [6.07, 6.45) is 0. The zero-order valence-corrected chi connectivity index (χ0v) is 9.16. The summed E-state index contributed by atoms with van der Waals surface area (Å²) in [5.74, 6) is 0.105. The first-order valence-corrected chi connectivity index (χ1v) is 4.78. The van der Waals surface area contributed by atoms with Crippen molar-refractivity contribution in [3.8, 4) is 0 Å². The van der Waals surface area contributed by atoms with Crippen LogP contribution in [0.2, 0.25) is 0 Å². The molecule has 1 rings (SSSR count). The average molecular weight is 195 g/mol. The molecule has 1 aromatic rings. The molecule has 0 spiro atoms. The van der Waals surface area contributed by atoms with Gasteiger partial charge in [-0.3, -0.25) is 9.48 Å². The van der Waals surface area contributed by atoms with Crippen LogP contribution in [-0.4, -0.2) is 15.7 Å². The van der Waals surface area contributed by atoms with Gasteiger partial charge in [-0.05, 0) is 13.0 Å². The van der Waals surface area contributed by atoms with Gasteiger partial charge in [0, 0.05) is 13.0 Å². The molecule has 4 heteroatoms. The Morgan fingerprint density at radius 3 is 2.71 bits per heavy atom. The molecule has 1 N–H and O–H groups in total. The summed E-state index contributed by atoms with van der Waals surface area (Å²) in [6, 6.07) is 1.97. The van der Waals surface area contributed by atoms with Crippen LogP contribution >= 0.6 is 0 Å². The number of amides is 1. The Kier molecular flexibility index (Phi) is 3.28. The van der Waals surface area contributed by atoms with Gasteiger partial charge in [0.05, 0.1) is 17.9 Å². The topological polar surface area (TPSA) is 46.9 Å². The summed E-state index contributed by atoms with van der Waals surface area (Å²) in [5.41, 5.74) is 2.00. The van der Waals surface area contributed by atoms with Crippen molar-refractivity contribution in [2.45, 2.75) is 27.3 Å². The van der Waals surface area contributed by atoms with Crippen LogP contribution < -0.4 is 5.32 Å². The first-order valence-electron chi connectivity index (χ1n) is 4.78. The number of rotatable bonds is 3. The van der Waals surface area contributed by atoms with Gasteiger partial charge in [-0.2, -0.15) is 5.10 Å². The second-order valence-corrected chi connectivity index (χ2v) is 3.77. The Hall–Kier alpha value is -1.32. The van der Waals surface area contributed by atoms with Crippen LogP contribution in [-0.2, 0) is 18.4 Å². The van der Waals surface area contributed by atoms with Crippen molar-refractivity contribution in [3.05, 3.63) is 17.5 Å². The molecule has 78 valence electrons. The summed E-state index contributed by atoms with van der Waals surface area (Å²) < 4.78 is 1.79. The van der Waals surface area contributed by atoms with Crippen molar-refractivity contribution in [1.29, 1.82) is 0 Å². The first-order chi connectivity index (χ1) is 6.50. The van der Waals surface area contributed by atoms with Crippen LogP contribution in [0.4, 0.5) is 0 Å². The summed E-state index contributed by atoms with van der Waals surface area (Å²) in [6.45, 7) is 6.25. The van der Waals surface area contributed by atoms with Crippen molar-refractivity contribution >= 4 is 5.91 Å². The molecule has 0 radical (unpaired) electrons. The summed E-state index contributed by atoms with van der Waals surface area (Å²) in [4.78, 5) is 11.3. The SMILES string of the molecule is Cc1cc(CNC(=O)C(C)C)n(C)n1. The van der Waals surface area contributed by atoms with Crippen molar-refractivity contribution in [2.24, 2.45) is 13.0 Å². The Morgan fingerprint density at radius 1 is 1.64 bits per heavy atom. The highest BCUT2D eigenvalue weighted by Crippen LogP contribution is 2.01. The largest absolute Gasteiger partial charge is 0.350 e. The lowest BCUT2D eigenvalue weighted by Crippen LogP contribution is -2.27. The van der Waals surface area contributed by atoms with E-state index in [9.17, 15) is 4.79 Å². The van der Waals surface area contributed by atoms with E-state index in [1.807, 2.05) is 33.9 Å². The zero-order valence-electron chi connectivity index (χ0n) is 9.16. The molecule has 1 heterocycles. The molecule has 0 saturated heterocycles. The maximum Gasteiger partial charge on any atom is 0.222 e. The number of nitrogens with one attached hydrogen (secondary N) is 1. The van der Waals surface area contributed by atoms with E-state index in [1.54, 1.807) is 4.68 Å². The fraction of sp³-hybridized carbons (Fsp3) is 0.600. The summed E-state index contributed by atoms with van der Waals surface area (Å²) in [5, 5.41) is 7.05. The quantitative estimate of drug-likeness (QED) is 0.782. The predicted molar refractivity (Wildman–Crippen MR) is 54.6 cm³/mol. The molecule has 0 atom stereocenters. The highest BCUT2D eigenvalue weighted by atomic mass is 16.1. The second-order valence-electron chi connectivity index (χ2n) is 3.77. The third-order valence-electron chi connectivity index (χ3n) is 2.07. The number of aromatic nitrogens is 2. The Morgan fingerprint density at radius 2 is 2.29 bits per heavy atom. The number of nitrogens with zero attached hydrogens (tertiary/aromatic N) is 2. The minimum absolute atomic E-state index is 0.0318. The van der Waals surface area contributed by atoms with Gasteiger partial charge in [0.15, 0.2) is 0 Å². The molecular formula is C10H17N3O. The minimum atomic E-state index is 0.0318. The summed E-state index contributed by atoms with van der Waals surface area (Å²) in [7, 11) is 1.88. The molecule has 0 aliphatic carbocycles. The minimum Gasteiger partial charge on any atom is -0.350 e. The fourth-order valence-electron chi connectivity index (χ4n) is 1.21. The van der Waals surface area contributed by atoms with Gasteiger partial charge in [0.2, 0.25) is 5.91 Å². The van der Waals surface area contributed by atoms with Gasteiger partial charge < -0.3 is 5.32 Å². The molecule has 1 aromatic heterocycles. The molecule has 0 saturated carbocycles. The van der Waals surface area contributed by atoms with Crippen LogP contribution in [0, 0.1) is 12.8 Å². The standard InChI is InChI=1S/C10H17N3O/c1-7(2)10(14)11-6-9-5-8(3)12-13(9)4/h5,7H,6H2,1-4H3,(H,11,14). The molecule has 0 fully saturated rings. The van der Waals surface area contributed by atoms with Gasteiger partial charge in [0.1, 0.15) is 0 Å². The molecule has 0 aromatic carbocycles. The molecule has 4 nitrogen and oxygen atoms in total. The smallest absolute Gasteiger partial charge is 0.222 e. The van der Waals surface area contributed by atoms with Crippen LogP contribution in [0.15, 0.2) is 6.07 Å². The number of carbonyl (C=O) groups is 1. The Balaban J connectivity index is 2.54. The summed E-state index contributed by atoms with van der Waals surface area (Å²) >= 11 is 0. The number of hydrogen-bond acceptors (Lipinski definition) is 2. The molecule has 0 aliphatic rings. The maximum atomic E-state index is 11.3. The van der Waals surface area contributed by atoms with E-state index in [4.69, 9.17) is 0 Å². The van der Waals surface area contributed by atoms with Crippen LogP contribution in [0.1, 0.15) is 25.2 Å². The van der Waals surface area contributed by atoms with E-state index in [2.05, 4.69) is 10.4 Å². The number of aryl methyl sites for hydroxylation is 2. The van der Waals surface area contributed by atoms with E-state index < -0.39 is 0 Å². The Labute approximate surface area is 84.3 Å². The van der Waals surface area contributed by atoms with Gasteiger partial charge in [-0.1, -0.05) is 13.8 Å². The van der Waals surface area contributed by atoms with Crippen LogP contribution in [0.25, 0.3) is 0 Å². The van der Waals surface area contributed by atoms with E-state index >= 15 is 0 Å². The van der Waals surface area contributed by atoms with E-state index in [-0.39, 0.29) is 11.8 Å². The van der Waals surface area contributed by atoms with Gasteiger partial charge in [0.25, 0.3) is 0 Å². The van der Waals surface area contributed by atoms with Crippen LogP contribution in [0.5, 0.6) is 0 Å². The maximum absolute atomic E-state index is 11.3. The van der Waals surface area contributed by atoms with E-state index in [1.165, 1.54) is 0 Å². The highest BCUT2D eigenvalue weighted by Gasteiger charge is 2.07. The number of hydrogen-bond donors (Lipinski definition) is 1. The zero-order chi connectivity index (χ0) is 10.7. The fourth-order valence-corrected chi connectivity index (χ4v) is 1.21. The van der Waals surface area contributed by atoms with E-state index in [0.717, 1.165) is 11.4 Å². The molecule has 1 amide bonds. The van der Waals surface area contributed by atoms with Crippen molar-refractivity contribution in [1.82, 2.24) is 15.1 Å². The van der Waals surface area contributed by atoms with Gasteiger partial charge in [-0.25, -0.2) is 0 Å². The van der Waals surface area contributed by atoms with Crippen molar-refractivity contribution < 1.29 is 4.79 Å². The van der Waals surface area contributed by atoms with Crippen molar-refractivity contribution in [3.63, 3.8) is 0 Å². The lowest BCUT2D eigenvalue weighted by atomic mass is 10.2. The molecule has 0 aliphatic heterocycles. The third-order valence-corrected chi connectivity index (χ3v) is 2.07. The number of carbonyl (C=O) groups excluding carboxylic acids is 1. The highest BCUT2D eigenvalue weighted by molar-refractivity contribution is 5.77. The molecule has 14 heavy (non-hydrogen) atoms. The average Bonchev–Trinajstić information content (AvgIpc) is 2.40. The lowest BCUT2D eigenvalue weighted by Gasteiger charge is -2.07. The first kappa shape index (κ1) is 10.8. The molecule has 0 bridgehead atoms. The van der Waals surface area contributed by atoms with Gasteiger partial charge in [-0.15, -0.1) is 0 Å². The monoisotopic (exact) mass is 195 g/mol. The van der Waals surface area contributed by atoms with Crippen molar-refractivity contribution in [2.75, 3.05) is 0 Å². The van der Waals surface area contributed by atoms with Gasteiger partial charge >= 0.3 is 0 Å². The second kappa shape index (κ2) is 4.26. The molecule has 0 unspecified atom stereocenters.